The van der Waals surface area contributed by atoms with Crippen molar-refractivity contribution < 1.29 is 32.5 Å². The molecular formula is C28H31F2N5O5. The average molecular weight is 556 g/mol. The van der Waals surface area contributed by atoms with Gasteiger partial charge in [-0.2, -0.15) is 0 Å². The molecule has 2 atom stereocenters. The number of hydrogen-bond acceptors (Lipinski definition) is 10. The molecule has 10 nitrogen and oxygen atoms in total. The predicted octanol–water partition coefficient (Wildman–Crippen LogP) is 3.78. The van der Waals surface area contributed by atoms with Crippen molar-refractivity contribution in [2.75, 3.05) is 57.8 Å². The number of pyridine rings is 1. The number of aromatic nitrogens is 3. The lowest BCUT2D eigenvalue weighted by Gasteiger charge is -2.39. The van der Waals surface area contributed by atoms with Gasteiger partial charge in [0, 0.05) is 50.9 Å². The average Bonchev–Trinajstić information content (AvgIpc) is 2.94. The Hall–Kier alpha value is -3.90. The van der Waals surface area contributed by atoms with Gasteiger partial charge in [0.1, 0.15) is 5.52 Å². The first kappa shape index (κ1) is 27.7. The first-order valence-corrected chi connectivity index (χ1v) is 12.9. The Kier molecular flexibility index (Phi) is 8.08. The molecule has 4 heterocycles. The van der Waals surface area contributed by atoms with E-state index in [4.69, 9.17) is 23.9 Å². The van der Waals surface area contributed by atoms with Crippen molar-refractivity contribution in [2.45, 2.75) is 25.0 Å². The fraction of sp³-hybridized carbons (Fsp3) is 0.429. The van der Waals surface area contributed by atoms with Crippen molar-refractivity contribution in [3.05, 3.63) is 42.6 Å². The summed E-state index contributed by atoms with van der Waals surface area (Å²) in [5.41, 5.74) is 0.171. The maximum absolute atomic E-state index is 15.4. The molecular weight excluding hydrogens is 524 g/mol. The Labute approximate surface area is 230 Å². The van der Waals surface area contributed by atoms with Gasteiger partial charge in [0.15, 0.2) is 34.7 Å². The van der Waals surface area contributed by atoms with Crippen LogP contribution in [0.15, 0.2) is 31.0 Å². The summed E-state index contributed by atoms with van der Waals surface area (Å²) >= 11 is 0. The van der Waals surface area contributed by atoms with Crippen LogP contribution in [0.25, 0.3) is 22.2 Å². The molecule has 0 spiro atoms. The van der Waals surface area contributed by atoms with Crippen LogP contribution >= 0.6 is 0 Å². The smallest absolute Gasteiger partial charge is 0.223 e. The van der Waals surface area contributed by atoms with Crippen LogP contribution in [0.4, 0.5) is 20.5 Å². The van der Waals surface area contributed by atoms with Crippen LogP contribution in [0.1, 0.15) is 12.8 Å². The van der Waals surface area contributed by atoms with Crippen LogP contribution in [0.2, 0.25) is 0 Å². The molecule has 212 valence electrons. The zero-order chi connectivity index (χ0) is 28.4. The van der Waals surface area contributed by atoms with E-state index < -0.39 is 11.6 Å². The standard InChI is InChI=1S/C28H31F2N5O5/c1-5-17(36)8-15-6-7-40-14-20(15)33-28-31-11-16-9-19(23-24(29)21(38-3)10-22(39-4)25(23)30)32-27(26(16)34-28)35-12-18(13-35)37-2/h5,9-11,15,18,20H,1,6-8,12-14H2,2-4H3,(H,31,33,34)/t15-,20-/m1/s1. The van der Waals surface area contributed by atoms with Crippen LogP contribution in [0.5, 0.6) is 11.5 Å². The highest BCUT2D eigenvalue weighted by Crippen LogP contribution is 2.39. The Morgan fingerprint density at radius 3 is 2.55 bits per heavy atom. The summed E-state index contributed by atoms with van der Waals surface area (Å²) in [4.78, 5) is 27.8. The number of benzene rings is 1. The number of halogens is 2. The molecule has 2 fully saturated rings. The van der Waals surface area contributed by atoms with Gasteiger partial charge in [-0.05, 0) is 24.5 Å². The van der Waals surface area contributed by atoms with E-state index in [-0.39, 0.29) is 46.6 Å². The molecule has 0 radical (unpaired) electrons. The normalized spacial score (nSPS) is 19.3. The van der Waals surface area contributed by atoms with Gasteiger partial charge >= 0.3 is 0 Å². The number of fused-ring (bicyclic) bond motifs is 1. The van der Waals surface area contributed by atoms with Gasteiger partial charge in [0.05, 0.1) is 44.2 Å². The van der Waals surface area contributed by atoms with E-state index >= 15 is 8.78 Å². The summed E-state index contributed by atoms with van der Waals surface area (Å²) in [6.45, 7) is 5.61. The third-order valence-corrected chi connectivity index (χ3v) is 7.36. The molecule has 0 unspecified atom stereocenters. The molecule has 2 aliphatic heterocycles. The second-order valence-corrected chi connectivity index (χ2v) is 9.76. The molecule has 2 aliphatic rings. The van der Waals surface area contributed by atoms with E-state index in [1.165, 1.54) is 26.4 Å². The number of anilines is 2. The number of rotatable bonds is 10. The fourth-order valence-corrected chi connectivity index (χ4v) is 5.00. The van der Waals surface area contributed by atoms with E-state index in [0.29, 0.717) is 61.8 Å². The first-order valence-electron chi connectivity index (χ1n) is 12.9. The molecule has 2 saturated heterocycles. The van der Waals surface area contributed by atoms with Crippen molar-refractivity contribution in [1.82, 2.24) is 15.0 Å². The van der Waals surface area contributed by atoms with Crippen LogP contribution in [-0.4, -0.2) is 80.5 Å². The van der Waals surface area contributed by atoms with Crippen molar-refractivity contribution in [3.8, 4) is 22.8 Å². The molecule has 40 heavy (non-hydrogen) atoms. The molecule has 1 aromatic carbocycles. The van der Waals surface area contributed by atoms with E-state index in [9.17, 15) is 4.79 Å². The van der Waals surface area contributed by atoms with Crippen molar-refractivity contribution in [1.29, 1.82) is 0 Å². The Morgan fingerprint density at radius 1 is 1.18 bits per heavy atom. The number of nitrogens with one attached hydrogen (secondary N) is 1. The highest BCUT2D eigenvalue weighted by Gasteiger charge is 2.32. The zero-order valence-corrected chi connectivity index (χ0v) is 22.6. The molecule has 0 aliphatic carbocycles. The Balaban J connectivity index is 1.57. The quantitative estimate of drug-likeness (QED) is 0.371. The SMILES string of the molecule is C=CC(=O)C[C@H]1CCOC[C@H]1Nc1ncc2cc(-c3c(F)c(OC)cc(OC)c3F)nc(N3CC(OC)C3)c2n1. The minimum absolute atomic E-state index is 0.00660. The van der Waals surface area contributed by atoms with Crippen molar-refractivity contribution >= 4 is 28.5 Å². The first-order chi connectivity index (χ1) is 19.4. The van der Waals surface area contributed by atoms with Gasteiger partial charge in [0.25, 0.3) is 0 Å². The number of ether oxygens (including phenoxy) is 4. The maximum Gasteiger partial charge on any atom is 0.223 e. The van der Waals surface area contributed by atoms with Gasteiger partial charge < -0.3 is 29.2 Å². The lowest BCUT2D eigenvalue weighted by atomic mass is 9.90. The fourth-order valence-electron chi connectivity index (χ4n) is 5.00. The largest absolute Gasteiger partial charge is 0.494 e. The van der Waals surface area contributed by atoms with Crippen molar-refractivity contribution in [3.63, 3.8) is 0 Å². The van der Waals surface area contributed by atoms with Crippen molar-refractivity contribution in [2.24, 2.45) is 5.92 Å². The predicted molar refractivity (Wildman–Crippen MR) is 145 cm³/mol. The number of ketones is 1. The van der Waals surface area contributed by atoms with Gasteiger partial charge in [-0.15, -0.1) is 0 Å². The minimum atomic E-state index is -0.895. The van der Waals surface area contributed by atoms with E-state index in [2.05, 4.69) is 21.9 Å². The Bertz CT molecular complexity index is 1400. The summed E-state index contributed by atoms with van der Waals surface area (Å²) in [5.74, 6) is -1.36. The monoisotopic (exact) mass is 555 g/mol. The lowest BCUT2D eigenvalue weighted by Crippen LogP contribution is -2.52. The third kappa shape index (κ3) is 5.28. The molecule has 0 amide bonds. The van der Waals surface area contributed by atoms with E-state index in [1.54, 1.807) is 13.3 Å². The summed E-state index contributed by atoms with van der Waals surface area (Å²) in [7, 11) is 4.21. The summed E-state index contributed by atoms with van der Waals surface area (Å²) in [6, 6.07) is 2.51. The number of methoxy groups -OCH3 is 3. The van der Waals surface area contributed by atoms with Gasteiger partial charge in [-0.3, -0.25) is 4.79 Å². The molecule has 5 rings (SSSR count). The van der Waals surface area contributed by atoms with Crippen LogP contribution < -0.4 is 19.7 Å². The summed E-state index contributed by atoms with van der Waals surface area (Å²) in [5, 5.41) is 3.84. The van der Waals surface area contributed by atoms with Crippen LogP contribution in [-0.2, 0) is 14.3 Å². The van der Waals surface area contributed by atoms with Gasteiger partial charge in [-0.25, -0.2) is 23.7 Å². The molecule has 12 heteroatoms. The number of carbonyl (C=O) groups excluding carboxylic acids is 1. The van der Waals surface area contributed by atoms with Gasteiger partial charge in [0.2, 0.25) is 5.95 Å². The molecule has 0 saturated carbocycles. The minimum Gasteiger partial charge on any atom is -0.494 e. The highest BCUT2D eigenvalue weighted by atomic mass is 19.1. The maximum atomic E-state index is 15.4. The number of carbonyl (C=O) groups is 1. The highest BCUT2D eigenvalue weighted by molar-refractivity contribution is 5.93. The molecule has 3 aromatic rings. The van der Waals surface area contributed by atoms with E-state index in [1.807, 2.05) is 4.90 Å². The van der Waals surface area contributed by atoms with E-state index in [0.717, 1.165) is 6.07 Å². The second kappa shape index (κ2) is 11.7. The van der Waals surface area contributed by atoms with Crippen LogP contribution in [0.3, 0.4) is 0 Å². The van der Waals surface area contributed by atoms with Crippen LogP contribution in [0, 0.1) is 17.6 Å². The zero-order valence-electron chi connectivity index (χ0n) is 22.6. The summed E-state index contributed by atoms with van der Waals surface area (Å²) in [6.07, 6.45) is 3.97. The Morgan fingerprint density at radius 2 is 1.90 bits per heavy atom. The molecule has 0 bridgehead atoms. The number of hydrogen-bond donors (Lipinski definition) is 1. The third-order valence-electron chi connectivity index (χ3n) is 7.36. The summed E-state index contributed by atoms with van der Waals surface area (Å²) < 4.78 is 52.1. The topological polar surface area (TPSA) is 108 Å². The molecule has 1 N–H and O–H groups in total. The number of nitrogens with zero attached hydrogens (tertiary/aromatic N) is 4. The lowest BCUT2D eigenvalue weighted by molar-refractivity contribution is -0.116. The second-order valence-electron chi connectivity index (χ2n) is 9.76. The van der Waals surface area contributed by atoms with Gasteiger partial charge in [-0.1, -0.05) is 6.58 Å². The number of allylic oxidation sites excluding steroid dienone is 1. The molecule has 2 aromatic heterocycles.